The maximum Gasteiger partial charge on any atom is 0.220 e. The van der Waals surface area contributed by atoms with Crippen LogP contribution in [0.25, 0.3) is 10.9 Å². The zero-order valence-electron chi connectivity index (χ0n) is 17.9. The van der Waals surface area contributed by atoms with E-state index in [1.54, 1.807) is 0 Å². The van der Waals surface area contributed by atoms with Crippen molar-refractivity contribution in [3.8, 4) is 0 Å². The summed E-state index contributed by atoms with van der Waals surface area (Å²) in [5.74, 6) is 0.761. The Morgan fingerprint density at radius 3 is 2.59 bits per heavy atom. The van der Waals surface area contributed by atoms with Gasteiger partial charge in [0.2, 0.25) is 5.91 Å². The van der Waals surface area contributed by atoms with Crippen LogP contribution in [0.3, 0.4) is 0 Å². The molecule has 1 aromatic heterocycles. The summed E-state index contributed by atoms with van der Waals surface area (Å²) in [6.45, 7) is 4.99. The van der Waals surface area contributed by atoms with Gasteiger partial charge in [0, 0.05) is 24.4 Å². The summed E-state index contributed by atoms with van der Waals surface area (Å²) in [6.07, 6.45) is 3.24. The number of nitrogens with zero attached hydrogens (tertiary/aromatic N) is 2. The van der Waals surface area contributed by atoms with E-state index in [9.17, 15) is 4.79 Å². The van der Waals surface area contributed by atoms with Gasteiger partial charge < -0.3 is 10.2 Å². The number of hydrogen-bond acceptors (Lipinski definition) is 3. The number of amides is 1. The molecule has 0 aliphatic carbocycles. The lowest BCUT2D eigenvalue weighted by Gasteiger charge is -2.26. The smallest absolute Gasteiger partial charge is 0.220 e. The highest BCUT2D eigenvalue weighted by molar-refractivity contribution is 5.78. The van der Waals surface area contributed by atoms with Gasteiger partial charge >= 0.3 is 0 Å². The van der Waals surface area contributed by atoms with E-state index in [0.29, 0.717) is 18.9 Å². The highest BCUT2D eigenvalue weighted by atomic mass is 16.1. The Balaban J connectivity index is 1.59. The van der Waals surface area contributed by atoms with E-state index in [1.807, 2.05) is 24.4 Å². The van der Waals surface area contributed by atoms with Crippen molar-refractivity contribution in [1.29, 1.82) is 0 Å². The SMILES string of the molecule is CC(C)[C@H](CC(=O)NC[C@H](Cc1ccc2[nH]ncc2c1)N(C)C)c1ccccc1. The average molecular weight is 393 g/mol. The third kappa shape index (κ3) is 5.67. The lowest BCUT2D eigenvalue weighted by Crippen LogP contribution is -2.42. The fourth-order valence-electron chi connectivity index (χ4n) is 3.77. The molecule has 0 saturated heterocycles. The van der Waals surface area contributed by atoms with Crippen molar-refractivity contribution in [3.63, 3.8) is 0 Å². The predicted octanol–water partition coefficient (Wildman–Crippen LogP) is 3.98. The van der Waals surface area contributed by atoms with Gasteiger partial charge in [0.25, 0.3) is 0 Å². The molecular weight excluding hydrogens is 360 g/mol. The lowest BCUT2D eigenvalue weighted by atomic mass is 9.85. The molecule has 1 amide bonds. The van der Waals surface area contributed by atoms with Gasteiger partial charge in [-0.1, -0.05) is 50.2 Å². The first-order valence-electron chi connectivity index (χ1n) is 10.3. The van der Waals surface area contributed by atoms with Crippen molar-refractivity contribution in [2.45, 2.75) is 38.6 Å². The molecule has 0 radical (unpaired) electrons. The van der Waals surface area contributed by atoms with Crippen molar-refractivity contribution < 1.29 is 4.79 Å². The van der Waals surface area contributed by atoms with Crippen molar-refractivity contribution in [2.75, 3.05) is 20.6 Å². The van der Waals surface area contributed by atoms with E-state index in [1.165, 1.54) is 11.1 Å². The van der Waals surface area contributed by atoms with Gasteiger partial charge in [-0.15, -0.1) is 0 Å². The van der Waals surface area contributed by atoms with Gasteiger partial charge in [0.1, 0.15) is 0 Å². The number of nitrogens with one attached hydrogen (secondary N) is 2. The molecule has 3 rings (SSSR count). The second-order valence-electron chi connectivity index (χ2n) is 8.38. The fraction of sp³-hybridized carbons (Fsp3) is 0.417. The molecular formula is C24H32N4O. The Hall–Kier alpha value is -2.66. The molecule has 2 aromatic carbocycles. The van der Waals surface area contributed by atoms with Gasteiger partial charge in [0.05, 0.1) is 11.7 Å². The van der Waals surface area contributed by atoms with E-state index < -0.39 is 0 Å². The Kier molecular flexibility index (Phi) is 7.04. The van der Waals surface area contributed by atoms with Crippen LogP contribution >= 0.6 is 0 Å². The van der Waals surface area contributed by atoms with Crippen LogP contribution in [0.1, 0.15) is 37.3 Å². The van der Waals surface area contributed by atoms with Crippen molar-refractivity contribution in [1.82, 2.24) is 20.4 Å². The lowest BCUT2D eigenvalue weighted by molar-refractivity contribution is -0.121. The molecule has 0 spiro atoms. The first-order chi connectivity index (χ1) is 13.9. The predicted molar refractivity (Wildman–Crippen MR) is 119 cm³/mol. The average Bonchev–Trinajstić information content (AvgIpc) is 3.17. The highest BCUT2D eigenvalue weighted by Crippen LogP contribution is 2.27. The number of fused-ring (bicyclic) bond motifs is 1. The minimum absolute atomic E-state index is 0.115. The van der Waals surface area contributed by atoms with Crippen LogP contribution in [0.15, 0.2) is 54.7 Å². The van der Waals surface area contributed by atoms with E-state index in [-0.39, 0.29) is 17.9 Å². The van der Waals surface area contributed by atoms with E-state index in [0.717, 1.165) is 17.3 Å². The maximum atomic E-state index is 12.7. The summed E-state index contributed by atoms with van der Waals surface area (Å²) in [5.41, 5.74) is 3.52. The van der Waals surface area contributed by atoms with E-state index in [4.69, 9.17) is 0 Å². The monoisotopic (exact) mass is 392 g/mol. The number of H-pyrrole nitrogens is 1. The van der Waals surface area contributed by atoms with Crippen LogP contribution in [-0.2, 0) is 11.2 Å². The largest absolute Gasteiger partial charge is 0.355 e. The normalized spacial score (nSPS) is 13.7. The van der Waals surface area contributed by atoms with E-state index >= 15 is 0 Å². The number of hydrogen-bond donors (Lipinski definition) is 2. The molecule has 0 fully saturated rings. The zero-order valence-corrected chi connectivity index (χ0v) is 17.9. The van der Waals surface area contributed by atoms with Crippen LogP contribution in [-0.4, -0.2) is 47.7 Å². The quantitative estimate of drug-likeness (QED) is 0.579. The zero-order chi connectivity index (χ0) is 20.8. The number of aromatic amines is 1. The number of rotatable bonds is 9. The topological polar surface area (TPSA) is 61.0 Å². The molecule has 5 heteroatoms. The summed E-state index contributed by atoms with van der Waals surface area (Å²) in [7, 11) is 4.13. The second kappa shape index (κ2) is 9.70. The Morgan fingerprint density at radius 2 is 1.90 bits per heavy atom. The van der Waals surface area contributed by atoms with Crippen LogP contribution in [0.4, 0.5) is 0 Å². The van der Waals surface area contributed by atoms with Gasteiger partial charge in [-0.2, -0.15) is 5.10 Å². The summed E-state index contributed by atoms with van der Waals surface area (Å²) in [4.78, 5) is 14.9. The van der Waals surface area contributed by atoms with Crippen LogP contribution in [0.2, 0.25) is 0 Å². The molecule has 0 bridgehead atoms. The molecule has 0 aliphatic rings. The number of aromatic nitrogens is 2. The molecule has 0 saturated carbocycles. The molecule has 1 heterocycles. The minimum Gasteiger partial charge on any atom is -0.355 e. The Labute approximate surface area is 173 Å². The number of benzene rings is 2. The molecule has 0 aliphatic heterocycles. The molecule has 154 valence electrons. The summed E-state index contributed by atoms with van der Waals surface area (Å²) in [6, 6.07) is 16.9. The van der Waals surface area contributed by atoms with Gasteiger partial charge in [-0.3, -0.25) is 9.89 Å². The van der Waals surface area contributed by atoms with Gasteiger partial charge in [0.15, 0.2) is 0 Å². The standard InChI is InChI=1S/C24H32N4O/c1-17(2)22(19-8-6-5-7-9-19)14-24(29)25-16-21(28(3)4)13-18-10-11-23-20(12-18)15-26-27-23/h5-12,15,17,21-22H,13-14,16H2,1-4H3,(H,25,29)(H,26,27)/t21-,22-/m0/s1. The van der Waals surface area contributed by atoms with Gasteiger partial charge in [-0.05, 0) is 55.6 Å². The van der Waals surface area contributed by atoms with E-state index in [2.05, 4.69) is 78.7 Å². The Bertz CT molecular complexity index is 917. The first-order valence-corrected chi connectivity index (χ1v) is 10.3. The fourth-order valence-corrected chi connectivity index (χ4v) is 3.77. The molecule has 2 N–H and O–H groups in total. The van der Waals surface area contributed by atoms with Crippen molar-refractivity contribution >= 4 is 16.8 Å². The minimum atomic E-state index is 0.115. The number of carbonyl (C=O) groups is 1. The van der Waals surface area contributed by atoms with Crippen LogP contribution < -0.4 is 5.32 Å². The third-order valence-electron chi connectivity index (χ3n) is 5.68. The third-order valence-corrected chi connectivity index (χ3v) is 5.68. The van der Waals surface area contributed by atoms with Crippen LogP contribution in [0.5, 0.6) is 0 Å². The molecule has 29 heavy (non-hydrogen) atoms. The number of likely N-dealkylation sites (N-methyl/N-ethyl adjacent to an activating group) is 1. The maximum absolute atomic E-state index is 12.7. The van der Waals surface area contributed by atoms with Crippen molar-refractivity contribution in [2.24, 2.45) is 5.92 Å². The second-order valence-corrected chi connectivity index (χ2v) is 8.38. The summed E-state index contributed by atoms with van der Waals surface area (Å²) >= 11 is 0. The summed E-state index contributed by atoms with van der Waals surface area (Å²) < 4.78 is 0. The molecule has 5 nitrogen and oxygen atoms in total. The molecule has 2 atom stereocenters. The number of carbonyl (C=O) groups excluding carboxylic acids is 1. The van der Waals surface area contributed by atoms with Gasteiger partial charge in [-0.25, -0.2) is 0 Å². The Morgan fingerprint density at radius 1 is 1.14 bits per heavy atom. The first kappa shape index (κ1) is 21.1. The summed E-state index contributed by atoms with van der Waals surface area (Å²) in [5, 5.41) is 11.4. The van der Waals surface area contributed by atoms with Crippen LogP contribution in [0, 0.1) is 5.92 Å². The highest BCUT2D eigenvalue weighted by Gasteiger charge is 2.21. The van der Waals surface area contributed by atoms with Crippen molar-refractivity contribution in [3.05, 3.63) is 65.9 Å². The molecule has 0 unspecified atom stereocenters. The molecule has 3 aromatic rings.